The number of methoxy groups -OCH3 is 2. The van der Waals surface area contributed by atoms with Gasteiger partial charge in [-0.25, -0.2) is 4.79 Å². The molecule has 1 saturated heterocycles. The van der Waals surface area contributed by atoms with E-state index in [0.717, 1.165) is 5.56 Å². The number of nitrogens with zero attached hydrogens (tertiary/aromatic N) is 1. The van der Waals surface area contributed by atoms with Gasteiger partial charge in [0.15, 0.2) is 0 Å². The van der Waals surface area contributed by atoms with Crippen molar-refractivity contribution in [3.8, 4) is 11.5 Å². The summed E-state index contributed by atoms with van der Waals surface area (Å²) in [7, 11) is -0.659. The van der Waals surface area contributed by atoms with E-state index < -0.39 is 25.6 Å². The van der Waals surface area contributed by atoms with Crippen molar-refractivity contribution in [3.05, 3.63) is 84.4 Å². The number of anilines is 2. The zero-order chi connectivity index (χ0) is 27.0. The molecule has 0 unspecified atom stereocenters. The maximum Gasteiger partial charge on any atom is 0.408 e. The summed E-state index contributed by atoms with van der Waals surface area (Å²) < 4.78 is 31.4. The fourth-order valence-corrected chi connectivity index (χ4v) is 6.14. The summed E-state index contributed by atoms with van der Waals surface area (Å²) in [6, 6.07) is 22.1. The molecule has 200 valence electrons. The van der Waals surface area contributed by atoms with Crippen LogP contribution in [0.1, 0.15) is 18.4 Å². The van der Waals surface area contributed by atoms with E-state index in [2.05, 4.69) is 15.5 Å². The third kappa shape index (κ3) is 6.77. The molecule has 2 amide bonds. The lowest BCUT2D eigenvalue weighted by Crippen LogP contribution is -2.52. The number of amides is 2. The maximum atomic E-state index is 14.4. The Morgan fingerprint density at radius 3 is 1.97 bits per heavy atom. The normalized spacial score (nSPS) is 15.4. The van der Waals surface area contributed by atoms with Gasteiger partial charge in [-0.15, -0.1) is 0 Å². The first-order valence-electron chi connectivity index (χ1n) is 12.1. The largest absolute Gasteiger partial charge is 0.497 e. The van der Waals surface area contributed by atoms with Crippen LogP contribution >= 0.6 is 7.59 Å². The summed E-state index contributed by atoms with van der Waals surface area (Å²) in [5.41, 5.74) is 1.89. The van der Waals surface area contributed by atoms with Crippen LogP contribution < -0.4 is 25.0 Å². The average Bonchev–Trinajstić information content (AvgIpc) is 2.94. The number of benzene rings is 3. The molecule has 1 aliphatic rings. The molecule has 1 atom stereocenters. The predicted molar refractivity (Wildman–Crippen MR) is 145 cm³/mol. The standard InChI is InChI=1S/C27H31N4O6P/c1-35-23-14-10-21(11-15-23)29-38(34,30-22-12-16-24(36-2)17-13-22)31-18-6-9-25(26(31)32)28-27(33)37-19-20-7-4-3-5-8-20/h3-5,7-8,10-17,25H,6,9,18-19H2,1-2H3,(H,28,33)(H2,29,30,34)/t25-/m0/s1. The van der Waals surface area contributed by atoms with Crippen LogP contribution in [-0.2, 0) is 20.7 Å². The van der Waals surface area contributed by atoms with E-state index in [0.29, 0.717) is 35.7 Å². The molecule has 0 bridgehead atoms. The summed E-state index contributed by atoms with van der Waals surface area (Å²) in [6.45, 7) is 0.313. The van der Waals surface area contributed by atoms with Gasteiger partial charge in [0.05, 0.1) is 14.2 Å². The smallest absolute Gasteiger partial charge is 0.408 e. The highest BCUT2D eigenvalue weighted by molar-refractivity contribution is 7.65. The number of carbonyl (C=O) groups excluding carboxylic acids is 2. The first-order valence-corrected chi connectivity index (χ1v) is 13.8. The summed E-state index contributed by atoms with van der Waals surface area (Å²) in [5, 5.41) is 8.68. The van der Waals surface area contributed by atoms with Gasteiger partial charge in [0, 0.05) is 17.9 Å². The average molecular weight is 539 g/mol. The van der Waals surface area contributed by atoms with Gasteiger partial charge in [-0.2, -0.15) is 0 Å². The number of carbonyl (C=O) groups is 2. The SMILES string of the molecule is COc1ccc(NP(=O)(Nc2ccc(OC)cc2)N2CCC[C@H](NC(=O)OCc3ccccc3)C2=O)cc1. The van der Waals surface area contributed by atoms with Crippen molar-refractivity contribution < 1.29 is 28.4 Å². The second-order valence-corrected chi connectivity index (χ2v) is 10.7. The summed E-state index contributed by atoms with van der Waals surface area (Å²) in [6.07, 6.45) is 0.226. The minimum absolute atomic E-state index is 0.0772. The second kappa shape index (κ2) is 12.4. The van der Waals surface area contributed by atoms with Crippen LogP contribution in [0.3, 0.4) is 0 Å². The number of hydrogen-bond donors (Lipinski definition) is 3. The van der Waals surface area contributed by atoms with Crippen molar-refractivity contribution in [1.82, 2.24) is 9.99 Å². The molecule has 0 saturated carbocycles. The molecule has 1 heterocycles. The van der Waals surface area contributed by atoms with E-state index >= 15 is 0 Å². The first-order chi connectivity index (χ1) is 18.4. The van der Waals surface area contributed by atoms with Crippen LogP contribution in [0.5, 0.6) is 11.5 Å². The van der Waals surface area contributed by atoms with Crippen molar-refractivity contribution >= 4 is 31.0 Å². The van der Waals surface area contributed by atoms with Crippen LogP contribution in [0, 0.1) is 0 Å². The van der Waals surface area contributed by atoms with E-state index in [-0.39, 0.29) is 13.2 Å². The van der Waals surface area contributed by atoms with Crippen LogP contribution in [0.2, 0.25) is 0 Å². The van der Waals surface area contributed by atoms with Crippen LogP contribution in [-0.4, -0.2) is 43.5 Å². The van der Waals surface area contributed by atoms with E-state index in [1.165, 1.54) is 4.67 Å². The third-order valence-corrected chi connectivity index (χ3v) is 8.20. The molecule has 4 rings (SSSR count). The molecule has 3 N–H and O–H groups in total. The zero-order valence-corrected chi connectivity index (χ0v) is 22.1. The quantitative estimate of drug-likeness (QED) is 0.300. The lowest BCUT2D eigenvalue weighted by molar-refractivity contribution is -0.130. The van der Waals surface area contributed by atoms with Crippen molar-refractivity contribution in [3.63, 3.8) is 0 Å². The molecule has 0 aliphatic carbocycles. The summed E-state index contributed by atoms with van der Waals surface area (Å²) >= 11 is 0. The van der Waals surface area contributed by atoms with E-state index in [4.69, 9.17) is 14.2 Å². The Morgan fingerprint density at radius 1 is 0.895 bits per heavy atom. The Bertz CT molecular complexity index is 1220. The zero-order valence-electron chi connectivity index (χ0n) is 21.3. The minimum atomic E-state index is -3.78. The van der Waals surface area contributed by atoms with Gasteiger partial charge in [-0.1, -0.05) is 30.3 Å². The van der Waals surface area contributed by atoms with Crippen molar-refractivity contribution in [1.29, 1.82) is 0 Å². The Morgan fingerprint density at radius 2 is 1.45 bits per heavy atom. The van der Waals surface area contributed by atoms with E-state index in [1.54, 1.807) is 62.8 Å². The fourth-order valence-electron chi connectivity index (χ4n) is 4.01. The topological polar surface area (TPSA) is 118 Å². The van der Waals surface area contributed by atoms with Gasteiger partial charge in [-0.3, -0.25) is 14.0 Å². The molecule has 0 radical (unpaired) electrons. The van der Waals surface area contributed by atoms with Crippen LogP contribution in [0.15, 0.2) is 78.9 Å². The predicted octanol–water partition coefficient (Wildman–Crippen LogP) is 5.25. The fraction of sp³-hybridized carbons (Fsp3) is 0.259. The molecule has 1 aliphatic heterocycles. The Labute approximate surface area is 221 Å². The number of hydrogen-bond acceptors (Lipinski definition) is 6. The number of nitrogens with one attached hydrogen (secondary N) is 3. The lowest BCUT2D eigenvalue weighted by Gasteiger charge is -2.38. The monoisotopic (exact) mass is 538 g/mol. The van der Waals surface area contributed by atoms with Crippen LogP contribution in [0.25, 0.3) is 0 Å². The Balaban J connectivity index is 1.52. The molecule has 1 fully saturated rings. The van der Waals surface area contributed by atoms with Gasteiger partial charge in [0.2, 0.25) is 0 Å². The van der Waals surface area contributed by atoms with Crippen molar-refractivity contribution in [2.45, 2.75) is 25.5 Å². The number of piperidine rings is 1. The maximum absolute atomic E-state index is 14.4. The molecule has 3 aromatic rings. The van der Waals surface area contributed by atoms with Gasteiger partial charge >= 0.3 is 13.7 Å². The van der Waals surface area contributed by atoms with E-state index in [9.17, 15) is 14.2 Å². The number of rotatable bonds is 10. The number of alkyl carbamates (subject to hydrolysis) is 1. The number of ether oxygens (including phenoxy) is 3. The highest BCUT2D eigenvalue weighted by Crippen LogP contribution is 2.51. The molecular weight excluding hydrogens is 507 g/mol. The lowest BCUT2D eigenvalue weighted by atomic mass is 10.1. The summed E-state index contributed by atoms with van der Waals surface area (Å²) in [5.74, 6) is 0.805. The van der Waals surface area contributed by atoms with Gasteiger partial charge in [0.1, 0.15) is 24.1 Å². The highest BCUT2D eigenvalue weighted by Gasteiger charge is 2.41. The molecule has 0 aromatic heterocycles. The minimum Gasteiger partial charge on any atom is -0.497 e. The second-order valence-electron chi connectivity index (χ2n) is 8.62. The molecule has 0 spiro atoms. The highest BCUT2D eigenvalue weighted by atomic mass is 31.2. The van der Waals surface area contributed by atoms with Gasteiger partial charge in [0.25, 0.3) is 5.91 Å². The summed E-state index contributed by atoms with van der Waals surface area (Å²) in [4.78, 5) is 26.0. The van der Waals surface area contributed by atoms with Crippen molar-refractivity contribution in [2.24, 2.45) is 0 Å². The molecule has 38 heavy (non-hydrogen) atoms. The first kappa shape index (κ1) is 26.9. The molecule has 3 aromatic carbocycles. The van der Waals surface area contributed by atoms with Crippen molar-refractivity contribution in [2.75, 3.05) is 30.9 Å². The third-order valence-electron chi connectivity index (χ3n) is 6.00. The van der Waals surface area contributed by atoms with Gasteiger partial charge in [-0.05, 0) is 66.9 Å². The molecule has 11 heteroatoms. The molecular formula is C27H31N4O6P. The van der Waals surface area contributed by atoms with E-state index in [1.807, 2.05) is 30.3 Å². The molecule has 10 nitrogen and oxygen atoms in total. The Hall–Kier alpha value is -4.17. The van der Waals surface area contributed by atoms with Crippen LogP contribution in [0.4, 0.5) is 16.2 Å². The van der Waals surface area contributed by atoms with Gasteiger partial charge < -0.3 is 29.7 Å². The Kier molecular flexibility index (Phi) is 8.76.